The Kier molecular flexibility index (Phi) is 9.18. The Morgan fingerprint density at radius 1 is 1.13 bits per heavy atom. The lowest BCUT2D eigenvalue weighted by molar-refractivity contribution is -0.120. The van der Waals surface area contributed by atoms with Gasteiger partial charge in [-0.2, -0.15) is 0 Å². The summed E-state index contributed by atoms with van der Waals surface area (Å²) < 4.78 is 18.8. The van der Waals surface area contributed by atoms with Gasteiger partial charge in [-0.25, -0.2) is 0 Å². The molecule has 0 saturated heterocycles. The van der Waals surface area contributed by atoms with E-state index in [1.54, 1.807) is 30.2 Å². The molecule has 3 saturated carbocycles. The predicted molar refractivity (Wildman–Crippen MR) is 178 cm³/mol. The molecule has 3 N–H and O–H groups in total. The Morgan fingerprint density at radius 2 is 1.91 bits per heavy atom. The molecule has 240 valence electrons. The highest BCUT2D eigenvalue weighted by atomic mass is 127. The lowest BCUT2D eigenvalue weighted by Gasteiger charge is -2.61. The zero-order valence-electron chi connectivity index (χ0n) is 25.9. The summed E-state index contributed by atoms with van der Waals surface area (Å²) in [7, 11) is 1.56. The second kappa shape index (κ2) is 13.0. The summed E-state index contributed by atoms with van der Waals surface area (Å²) in [6, 6.07) is 13.9. The minimum absolute atomic E-state index is 0.0922. The zero-order valence-corrected chi connectivity index (χ0v) is 28.0. The van der Waals surface area contributed by atoms with Crippen molar-refractivity contribution in [1.82, 2.24) is 10.2 Å². The fourth-order valence-electron chi connectivity index (χ4n) is 7.71. The summed E-state index contributed by atoms with van der Waals surface area (Å²) in [5.74, 6) is 1.95. The van der Waals surface area contributed by atoms with Gasteiger partial charge < -0.3 is 34.3 Å². The molecule has 6 atom stereocenters. The molecule has 0 radical (unpaired) electrons. The number of halogens is 1. The molecule has 0 spiro atoms. The van der Waals surface area contributed by atoms with E-state index in [2.05, 4.69) is 41.8 Å². The van der Waals surface area contributed by atoms with Gasteiger partial charge in [0.05, 0.1) is 23.3 Å². The van der Waals surface area contributed by atoms with Gasteiger partial charge in [-0.3, -0.25) is 9.59 Å². The first kappa shape index (κ1) is 31.9. The number of hydrogen-bond acceptors (Lipinski definition) is 7. The number of amides is 2. The zero-order chi connectivity index (χ0) is 31.9. The van der Waals surface area contributed by atoms with Crippen LogP contribution in [0.25, 0.3) is 11.0 Å². The smallest absolute Gasteiger partial charge is 0.289 e. The van der Waals surface area contributed by atoms with Crippen molar-refractivity contribution in [2.75, 3.05) is 26.8 Å². The molecule has 1 aromatic heterocycles. The fourth-order valence-corrected chi connectivity index (χ4v) is 8.23. The number of benzene rings is 2. The Labute approximate surface area is 277 Å². The van der Waals surface area contributed by atoms with Crippen molar-refractivity contribution in [2.45, 2.75) is 57.8 Å². The average molecular weight is 729 g/mol. The van der Waals surface area contributed by atoms with Crippen molar-refractivity contribution in [2.24, 2.45) is 23.2 Å². The van der Waals surface area contributed by atoms with E-state index in [1.165, 1.54) is 0 Å². The number of aliphatic hydroxyl groups excluding tert-OH is 2. The molecule has 9 nitrogen and oxygen atoms in total. The van der Waals surface area contributed by atoms with Crippen LogP contribution in [0.4, 0.5) is 0 Å². The number of nitrogens with one attached hydrogen (secondary N) is 1. The molecule has 6 unspecified atom stereocenters. The first-order valence-electron chi connectivity index (χ1n) is 15.7. The minimum Gasteiger partial charge on any atom is -0.493 e. The van der Waals surface area contributed by atoms with Gasteiger partial charge in [-0.05, 0) is 95.4 Å². The van der Waals surface area contributed by atoms with Crippen LogP contribution in [0.2, 0.25) is 0 Å². The molecule has 3 fully saturated rings. The Bertz CT molecular complexity index is 1600. The molecule has 1 heterocycles. The number of carbonyl (C=O) groups is 2. The number of hydrogen-bond donors (Lipinski definition) is 3. The molecule has 3 aromatic rings. The van der Waals surface area contributed by atoms with Gasteiger partial charge in [0.1, 0.15) is 18.0 Å². The molecule has 4 aliphatic rings. The maximum absolute atomic E-state index is 14.6. The molecule has 4 aliphatic carbocycles. The lowest BCUT2D eigenvalue weighted by Crippen LogP contribution is -2.59. The van der Waals surface area contributed by atoms with Crippen molar-refractivity contribution in [3.05, 3.63) is 69.5 Å². The molecule has 45 heavy (non-hydrogen) atoms. The Balaban J connectivity index is 1.38. The van der Waals surface area contributed by atoms with Crippen molar-refractivity contribution in [3.63, 3.8) is 0 Å². The molecule has 7 rings (SSSR count). The summed E-state index contributed by atoms with van der Waals surface area (Å²) in [5, 5.41) is 24.8. The van der Waals surface area contributed by atoms with Gasteiger partial charge in [0, 0.05) is 30.5 Å². The van der Waals surface area contributed by atoms with E-state index in [0.717, 1.165) is 28.2 Å². The van der Waals surface area contributed by atoms with E-state index in [1.807, 2.05) is 36.4 Å². The van der Waals surface area contributed by atoms with Gasteiger partial charge in [-0.15, -0.1) is 0 Å². The highest BCUT2D eigenvalue weighted by Gasteiger charge is 2.55. The van der Waals surface area contributed by atoms with Gasteiger partial charge >= 0.3 is 0 Å². The highest BCUT2D eigenvalue weighted by molar-refractivity contribution is 14.1. The maximum Gasteiger partial charge on any atom is 0.289 e. The number of rotatable bonds is 10. The largest absolute Gasteiger partial charge is 0.493 e. The molecule has 0 aliphatic heterocycles. The first-order chi connectivity index (χ1) is 21.6. The van der Waals surface area contributed by atoms with Crippen molar-refractivity contribution >= 4 is 45.4 Å². The number of aliphatic hydroxyl groups is 2. The van der Waals surface area contributed by atoms with Gasteiger partial charge in [0.2, 0.25) is 5.91 Å². The van der Waals surface area contributed by atoms with E-state index in [0.29, 0.717) is 41.0 Å². The molecule has 2 bridgehead atoms. The maximum atomic E-state index is 14.6. The Hall–Kier alpha value is -3.09. The number of para-hydroxylation sites is 2. The van der Waals surface area contributed by atoms with Gasteiger partial charge in [-0.1, -0.05) is 38.1 Å². The van der Waals surface area contributed by atoms with Crippen molar-refractivity contribution in [3.8, 4) is 11.5 Å². The van der Waals surface area contributed by atoms with Crippen LogP contribution in [0.3, 0.4) is 0 Å². The molecule has 10 heteroatoms. The minimum atomic E-state index is -1.12. The molecule has 2 aromatic carbocycles. The van der Waals surface area contributed by atoms with E-state index >= 15 is 0 Å². The standard InChI is InChI=1S/C35H41IN2O7/c1-35(2)23-12-11-21(24(35)18-23)19-38(34(42)30-16-20-7-6-10-28(43-3)32(20)45-30)26-15-22(33(41)37-13-14-39)17-29(31(26)40)44-27-9-5-4-8-25(27)36/h4-10,16-17,21,23-24,26,29,31,39-40H,11-15,18-19H2,1-3H3,(H,37,41). The number of fused-ring (bicyclic) bond motifs is 3. The van der Waals surface area contributed by atoms with Crippen LogP contribution in [-0.4, -0.2) is 72.0 Å². The number of nitrogens with zero attached hydrogens (tertiary/aromatic N) is 1. The summed E-state index contributed by atoms with van der Waals surface area (Å²) in [5.41, 5.74) is 1.07. The van der Waals surface area contributed by atoms with E-state index in [-0.39, 0.29) is 48.5 Å². The highest BCUT2D eigenvalue weighted by Crippen LogP contribution is 2.61. The van der Waals surface area contributed by atoms with E-state index < -0.39 is 18.2 Å². The first-order valence-corrected chi connectivity index (χ1v) is 16.8. The number of ether oxygens (including phenoxy) is 2. The summed E-state index contributed by atoms with van der Waals surface area (Å²) in [6.07, 6.45) is 3.01. The van der Waals surface area contributed by atoms with Crippen LogP contribution in [0, 0.1) is 26.7 Å². The van der Waals surface area contributed by atoms with E-state index in [4.69, 9.17) is 13.9 Å². The monoisotopic (exact) mass is 728 g/mol. The number of carbonyl (C=O) groups excluding carboxylic acids is 2. The topological polar surface area (TPSA) is 121 Å². The van der Waals surface area contributed by atoms with Crippen molar-refractivity contribution < 1.29 is 33.7 Å². The second-order valence-corrected chi connectivity index (χ2v) is 14.3. The average Bonchev–Trinajstić information content (AvgIpc) is 3.49. The van der Waals surface area contributed by atoms with Crippen molar-refractivity contribution in [1.29, 1.82) is 0 Å². The van der Waals surface area contributed by atoms with Gasteiger partial charge in [0.25, 0.3) is 5.91 Å². The van der Waals surface area contributed by atoms with Crippen LogP contribution >= 0.6 is 22.6 Å². The molecule has 2 amide bonds. The third kappa shape index (κ3) is 6.08. The Morgan fingerprint density at radius 3 is 2.62 bits per heavy atom. The molecular formula is C35H41IN2O7. The molecular weight excluding hydrogens is 687 g/mol. The lowest BCUT2D eigenvalue weighted by atomic mass is 9.45. The van der Waals surface area contributed by atoms with Crippen LogP contribution in [-0.2, 0) is 4.79 Å². The van der Waals surface area contributed by atoms with Gasteiger partial charge in [0.15, 0.2) is 17.1 Å². The predicted octanol–water partition coefficient (Wildman–Crippen LogP) is 5.18. The third-order valence-electron chi connectivity index (χ3n) is 10.3. The number of methoxy groups -OCH3 is 1. The summed E-state index contributed by atoms with van der Waals surface area (Å²) >= 11 is 2.17. The number of furan rings is 1. The van der Waals surface area contributed by atoms with E-state index in [9.17, 15) is 19.8 Å². The van der Waals surface area contributed by atoms with Crippen LogP contribution in [0.15, 0.2) is 64.6 Å². The van der Waals surface area contributed by atoms with Crippen LogP contribution in [0.5, 0.6) is 11.5 Å². The third-order valence-corrected chi connectivity index (χ3v) is 11.2. The van der Waals surface area contributed by atoms with Crippen LogP contribution in [0.1, 0.15) is 50.1 Å². The SMILES string of the molecule is COc1cccc2cc(C(=O)N(CC3CCC4CC3C4(C)C)C3CC(C(=O)NCCO)=CC(Oc4ccccc4I)C3O)oc12. The normalized spacial score (nSPS) is 26.8. The second-order valence-electron chi connectivity index (χ2n) is 13.1. The summed E-state index contributed by atoms with van der Waals surface area (Å²) in [6.45, 7) is 4.96. The van der Waals surface area contributed by atoms with Crippen LogP contribution < -0.4 is 14.8 Å². The fraction of sp³-hybridized carbons (Fsp3) is 0.486. The summed E-state index contributed by atoms with van der Waals surface area (Å²) in [4.78, 5) is 29.6. The quantitative estimate of drug-likeness (QED) is 0.246.